The van der Waals surface area contributed by atoms with Gasteiger partial charge in [-0.15, -0.1) is 24.0 Å². The molecule has 1 fully saturated rings. The zero-order chi connectivity index (χ0) is 17.0. The predicted molar refractivity (Wildman–Crippen MR) is 110 cm³/mol. The van der Waals surface area contributed by atoms with E-state index < -0.39 is 10.0 Å². The van der Waals surface area contributed by atoms with Crippen LogP contribution in [-0.4, -0.2) is 70.4 Å². The van der Waals surface area contributed by atoms with Crippen LogP contribution in [0.5, 0.6) is 0 Å². The molecule has 0 bridgehead atoms. The number of ether oxygens (including phenoxy) is 1. The molecule has 0 aromatic rings. The maximum atomic E-state index is 12.2. The highest BCUT2D eigenvalue weighted by Crippen LogP contribution is 2.05. The Kier molecular flexibility index (Phi) is 14.0. The Hall–Kier alpha value is -0.130. The number of nitrogens with zero attached hydrogens (tertiary/aromatic N) is 2. The zero-order valence-corrected chi connectivity index (χ0v) is 18.1. The average Bonchev–Trinajstić information content (AvgIpc) is 2.55. The van der Waals surface area contributed by atoms with Gasteiger partial charge in [0.05, 0.1) is 19.0 Å². The van der Waals surface area contributed by atoms with Gasteiger partial charge in [-0.3, -0.25) is 4.99 Å². The van der Waals surface area contributed by atoms with Crippen molar-refractivity contribution in [2.45, 2.75) is 39.5 Å². The molecule has 0 atom stereocenters. The molecule has 0 amide bonds. The second-order valence-electron chi connectivity index (χ2n) is 5.58. The van der Waals surface area contributed by atoms with Crippen LogP contribution in [0, 0.1) is 0 Å². The Morgan fingerprint density at radius 3 is 2.46 bits per heavy atom. The SMILES string of the molecule is CCCCCCN=C(NCC)NCCS(=O)(=O)N1CCOCC1.I. The Labute approximate surface area is 164 Å². The van der Waals surface area contributed by atoms with Gasteiger partial charge < -0.3 is 15.4 Å². The molecule has 0 radical (unpaired) electrons. The second kappa shape index (κ2) is 14.1. The third-order valence-corrected chi connectivity index (χ3v) is 5.51. The minimum Gasteiger partial charge on any atom is -0.379 e. The van der Waals surface area contributed by atoms with Crippen molar-refractivity contribution in [1.82, 2.24) is 14.9 Å². The number of halogens is 1. The van der Waals surface area contributed by atoms with E-state index in [9.17, 15) is 8.42 Å². The van der Waals surface area contributed by atoms with Crippen LogP contribution in [-0.2, 0) is 14.8 Å². The van der Waals surface area contributed by atoms with Gasteiger partial charge in [-0.1, -0.05) is 26.2 Å². The first-order valence-corrected chi connectivity index (χ1v) is 10.3. The smallest absolute Gasteiger partial charge is 0.215 e. The third-order valence-electron chi connectivity index (χ3n) is 3.64. The van der Waals surface area contributed by atoms with Gasteiger partial charge in [0.15, 0.2) is 5.96 Å². The number of hydrogen-bond acceptors (Lipinski definition) is 4. The number of rotatable bonds is 10. The molecular weight excluding hydrogens is 443 g/mol. The van der Waals surface area contributed by atoms with E-state index in [-0.39, 0.29) is 29.7 Å². The van der Waals surface area contributed by atoms with Gasteiger partial charge in [0.2, 0.25) is 10.0 Å². The molecule has 0 aromatic heterocycles. The zero-order valence-electron chi connectivity index (χ0n) is 14.9. The number of nitrogens with one attached hydrogen (secondary N) is 2. The van der Waals surface area contributed by atoms with Gasteiger partial charge in [0.1, 0.15) is 0 Å². The molecule has 0 saturated carbocycles. The van der Waals surface area contributed by atoms with Crippen LogP contribution in [0.1, 0.15) is 39.5 Å². The molecule has 24 heavy (non-hydrogen) atoms. The average molecular weight is 476 g/mol. The second-order valence-corrected chi connectivity index (χ2v) is 7.66. The summed E-state index contributed by atoms with van der Waals surface area (Å²) in [5, 5.41) is 6.26. The lowest BCUT2D eigenvalue weighted by molar-refractivity contribution is 0.0730. The minimum atomic E-state index is -3.22. The molecule has 144 valence electrons. The summed E-state index contributed by atoms with van der Waals surface area (Å²) in [6.07, 6.45) is 4.69. The molecule has 1 aliphatic rings. The number of hydrogen-bond donors (Lipinski definition) is 2. The first-order valence-electron chi connectivity index (χ1n) is 8.68. The minimum absolute atomic E-state index is 0. The largest absolute Gasteiger partial charge is 0.379 e. The van der Waals surface area contributed by atoms with E-state index in [1.165, 1.54) is 23.6 Å². The van der Waals surface area contributed by atoms with Crippen molar-refractivity contribution in [2.24, 2.45) is 4.99 Å². The van der Waals surface area contributed by atoms with Crippen LogP contribution in [0.15, 0.2) is 4.99 Å². The fourth-order valence-electron chi connectivity index (χ4n) is 2.32. The first-order chi connectivity index (χ1) is 11.1. The van der Waals surface area contributed by atoms with Gasteiger partial charge in [0.25, 0.3) is 0 Å². The standard InChI is InChI=1S/C15H32N4O3S.HI/c1-3-5-6-7-8-17-15(16-4-2)18-9-14-23(20,21)19-10-12-22-13-11-19;/h3-14H2,1-2H3,(H2,16,17,18);1H. The number of aliphatic imine (C=N–C) groups is 1. The lowest BCUT2D eigenvalue weighted by Gasteiger charge is -2.26. The summed E-state index contributed by atoms with van der Waals surface area (Å²) >= 11 is 0. The lowest BCUT2D eigenvalue weighted by atomic mass is 10.2. The normalized spacial score (nSPS) is 16.5. The van der Waals surface area contributed by atoms with E-state index in [1.54, 1.807) is 0 Å². The third kappa shape index (κ3) is 10.00. The highest BCUT2D eigenvalue weighted by molar-refractivity contribution is 14.0. The summed E-state index contributed by atoms with van der Waals surface area (Å²) < 4.78 is 31.2. The highest BCUT2D eigenvalue weighted by atomic mass is 127. The van der Waals surface area contributed by atoms with E-state index in [1.807, 2.05) is 6.92 Å². The molecule has 0 aliphatic carbocycles. The highest BCUT2D eigenvalue weighted by Gasteiger charge is 2.23. The van der Waals surface area contributed by atoms with Crippen LogP contribution < -0.4 is 10.6 Å². The van der Waals surface area contributed by atoms with Crippen LogP contribution in [0.2, 0.25) is 0 Å². The van der Waals surface area contributed by atoms with Crippen molar-refractivity contribution >= 4 is 40.0 Å². The van der Waals surface area contributed by atoms with Crippen molar-refractivity contribution in [3.8, 4) is 0 Å². The molecule has 2 N–H and O–H groups in total. The predicted octanol–water partition coefficient (Wildman–Crippen LogP) is 1.40. The molecule has 1 rings (SSSR count). The van der Waals surface area contributed by atoms with Crippen LogP contribution in [0.3, 0.4) is 0 Å². The topological polar surface area (TPSA) is 83.0 Å². The molecule has 0 spiro atoms. The maximum absolute atomic E-state index is 12.2. The number of sulfonamides is 1. The molecule has 1 aliphatic heterocycles. The fourth-order valence-corrected chi connectivity index (χ4v) is 3.65. The molecule has 1 heterocycles. The van der Waals surface area contributed by atoms with Gasteiger partial charge >= 0.3 is 0 Å². The molecule has 0 aromatic carbocycles. The molecule has 0 unspecified atom stereocenters. The van der Waals surface area contributed by atoms with E-state index in [2.05, 4.69) is 22.5 Å². The molecular formula is C15H33IN4O3S. The van der Waals surface area contributed by atoms with Crippen LogP contribution >= 0.6 is 24.0 Å². The van der Waals surface area contributed by atoms with Crippen molar-refractivity contribution in [3.63, 3.8) is 0 Å². The molecule has 7 nitrogen and oxygen atoms in total. The Morgan fingerprint density at radius 1 is 1.12 bits per heavy atom. The number of unbranched alkanes of at least 4 members (excludes halogenated alkanes) is 3. The van der Waals surface area contributed by atoms with Gasteiger partial charge in [0, 0.05) is 32.7 Å². The summed E-state index contributed by atoms with van der Waals surface area (Å²) in [5.41, 5.74) is 0. The Morgan fingerprint density at radius 2 is 1.83 bits per heavy atom. The number of morpholine rings is 1. The lowest BCUT2D eigenvalue weighted by Crippen LogP contribution is -2.45. The van der Waals surface area contributed by atoms with Crippen LogP contribution in [0.4, 0.5) is 0 Å². The summed E-state index contributed by atoms with van der Waals surface area (Å²) in [5.74, 6) is 0.772. The Bertz CT molecular complexity index is 440. The summed E-state index contributed by atoms with van der Waals surface area (Å²) in [4.78, 5) is 4.48. The number of guanidine groups is 1. The van der Waals surface area contributed by atoms with Gasteiger partial charge in [-0.2, -0.15) is 4.31 Å². The van der Waals surface area contributed by atoms with Gasteiger partial charge in [-0.25, -0.2) is 8.42 Å². The Balaban J connectivity index is 0.00000529. The first kappa shape index (κ1) is 23.9. The monoisotopic (exact) mass is 476 g/mol. The molecule has 1 saturated heterocycles. The maximum Gasteiger partial charge on any atom is 0.215 e. The van der Waals surface area contributed by atoms with E-state index in [4.69, 9.17) is 4.74 Å². The summed E-state index contributed by atoms with van der Waals surface area (Å²) in [7, 11) is -3.22. The van der Waals surface area contributed by atoms with Crippen LogP contribution in [0.25, 0.3) is 0 Å². The quantitative estimate of drug-likeness (QED) is 0.216. The van der Waals surface area contributed by atoms with Crippen molar-refractivity contribution < 1.29 is 13.2 Å². The van der Waals surface area contributed by atoms with E-state index >= 15 is 0 Å². The summed E-state index contributed by atoms with van der Waals surface area (Å²) in [6, 6.07) is 0. The fraction of sp³-hybridized carbons (Fsp3) is 0.933. The van der Waals surface area contributed by atoms with Crippen molar-refractivity contribution in [1.29, 1.82) is 0 Å². The van der Waals surface area contributed by atoms with E-state index in [0.29, 0.717) is 38.8 Å². The van der Waals surface area contributed by atoms with Crippen molar-refractivity contribution in [2.75, 3.05) is 51.7 Å². The van der Waals surface area contributed by atoms with E-state index in [0.717, 1.165) is 19.5 Å². The molecule has 9 heteroatoms. The summed E-state index contributed by atoms with van der Waals surface area (Å²) in [6.45, 7) is 7.94. The van der Waals surface area contributed by atoms with Crippen molar-refractivity contribution in [3.05, 3.63) is 0 Å². The van der Waals surface area contributed by atoms with Gasteiger partial charge in [-0.05, 0) is 13.3 Å².